The zero-order valence-corrected chi connectivity index (χ0v) is 8.38. The van der Waals surface area contributed by atoms with Crippen LogP contribution in [-0.4, -0.2) is 49.6 Å². The van der Waals surface area contributed by atoms with Crippen LogP contribution >= 0.6 is 0 Å². The predicted molar refractivity (Wildman–Crippen MR) is 52.2 cm³/mol. The van der Waals surface area contributed by atoms with Crippen molar-refractivity contribution in [2.45, 2.75) is 12.8 Å². The second kappa shape index (κ2) is 4.49. The normalized spacial score (nSPS) is 10.5. The number of nitrogens with one attached hydrogen (secondary N) is 2. The van der Waals surface area contributed by atoms with Crippen LogP contribution in [0.1, 0.15) is 12.2 Å². The van der Waals surface area contributed by atoms with Crippen LogP contribution in [0, 0.1) is 0 Å². The molecule has 2 heterocycles. The molecule has 0 aliphatic carbocycles. The highest BCUT2D eigenvalue weighted by Gasteiger charge is 2.03. The van der Waals surface area contributed by atoms with Gasteiger partial charge in [0.1, 0.15) is 5.82 Å². The third-order valence-corrected chi connectivity index (χ3v) is 2.09. The Morgan fingerprint density at radius 2 is 2.27 bits per heavy atom. The summed E-state index contributed by atoms with van der Waals surface area (Å²) in [7, 11) is 1.97. The Morgan fingerprint density at radius 3 is 2.93 bits per heavy atom. The summed E-state index contributed by atoms with van der Waals surface area (Å²) in [5.74, 6) is 1.65. The molecule has 0 amide bonds. The van der Waals surface area contributed by atoms with E-state index in [2.05, 4.69) is 36.0 Å². The number of aryl methyl sites for hydroxylation is 1. The van der Waals surface area contributed by atoms with E-state index < -0.39 is 0 Å². The summed E-state index contributed by atoms with van der Waals surface area (Å²) in [6, 6.07) is 0. The van der Waals surface area contributed by atoms with E-state index >= 15 is 0 Å². The minimum Gasteiger partial charge on any atom is -0.357 e. The topological polar surface area (TPSA) is 99.3 Å². The number of rotatable bonds is 5. The van der Waals surface area contributed by atoms with Gasteiger partial charge in [0.25, 0.3) is 0 Å². The van der Waals surface area contributed by atoms with E-state index in [0.717, 1.165) is 31.0 Å². The van der Waals surface area contributed by atoms with Gasteiger partial charge >= 0.3 is 0 Å². The Bertz CT molecular complexity index is 366. The third-order valence-electron chi connectivity index (χ3n) is 2.09. The molecule has 0 fully saturated rings. The third kappa shape index (κ3) is 2.48. The predicted octanol–water partition coefficient (Wildman–Crippen LogP) is -0.613. The van der Waals surface area contributed by atoms with Crippen molar-refractivity contribution in [3.8, 4) is 0 Å². The van der Waals surface area contributed by atoms with Crippen LogP contribution in [0.3, 0.4) is 0 Å². The van der Waals surface area contributed by atoms with E-state index in [1.165, 1.54) is 0 Å². The molecular weight excluding hydrogens is 196 g/mol. The molecule has 2 aromatic heterocycles. The largest absolute Gasteiger partial charge is 0.357 e. The lowest BCUT2D eigenvalue weighted by atomic mass is 10.3. The van der Waals surface area contributed by atoms with E-state index in [-0.39, 0.29) is 0 Å². The number of anilines is 1. The SMILES string of the molecule is CN(CCCc1nnn[nH]1)c1c[nH]nn1. The van der Waals surface area contributed by atoms with Crippen molar-refractivity contribution in [3.05, 3.63) is 12.0 Å². The molecule has 0 aromatic carbocycles. The van der Waals surface area contributed by atoms with Crippen LogP contribution in [0.25, 0.3) is 0 Å². The summed E-state index contributed by atoms with van der Waals surface area (Å²) in [4.78, 5) is 2.02. The molecule has 15 heavy (non-hydrogen) atoms. The lowest BCUT2D eigenvalue weighted by Gasteiger charge is -2.14. The zero-order valence-electron chi connectivity index (χ0n) is 8.38. The first-order valence-electron chi connectivity index (χ1n) is 4.66. The second-order valence-electron chi connectivity index (χ2n) is 3.20. The van der Waals surface area contributed by atoms with Crippen LogP contribution in [0.5, 0.6) is 0 Å². The standard InChI is InChI=1S/C7H12N8/c1-15(7-5-8-12-11-7)4-2-3-6-9-13-14-10-6/h5H,2-4H2,1H3,(H,8,11,12)(H,9,10,13,14). The van der Waals surface area contributed by atoms with Crippen molar-refractivity contribution in [2.75, 3.05) is 18.5 Å². The first kappa shape index (κ1) is 9.56. The number of aromatic amines is 2. The van der Waals surface area contributed by atoms with Gasteiger partial charge < -0.3 is 4.90 Å². The summed E-state index contributed by atoms with van der Waals surface area (Å²) in [6.07, 6.45) is 3.55. The van der Waals surface area contributed by atoms with Crippen LogP contribution in [0.4, 0.5) is 5.82 Å². The Morgan fingerprint density at radius 1 is 1.33 bits per heavy atom. The molecule has 2 N–H and O–H groups in total. The fourth-order valence-electron chi connectivity index (χ4n) is 1.27. The van der Waals surface area contributed by atoms with Crippen molar-refractivity contribution in [2.24, 2.45) is 0 Å². The average Bonchev–Trinajstić information content (AvgIpc) is 2.90. The molecule has 2 rings (SSSR count). The molecular formula is C7H12N8. The van der Waals surface area contributed by atoms with Gasteiger partial charge in [-0.3, -0.25) is 5.10 Å². The molecule has 0 unspecified atom stereocenters. The highest BCUT2D eigenvalue weighted by molar-refractivity contribution is 5.32. The first-order chi connectivity index (χ1) is 7.36. The Kier molecular flexibility index (Phi) is 2.86. The number of hydrogen-bond acceptors (Lipinski definition) is 6. The summed E-state index contributed by atoms with van der Waals surface area (Å²) in [6.45, 7) is 0.882. The maximum Gasteiger partial charge on any atom is 0.170 e. The average molecular weight is 208 g/mol. The van der Waals surface area contributed by atoms with Gasteiger partial charge in [-0.1, -0.05) is 5.21 Å². The van der Waals surface area contributed by atoms with E-state index in [9.17, 15) is 0 Å². The van der Waals surface area contributed by atoms with Crippen LogP contribution < -0.4 is 4.90 Å². The molecule has 0 atom stereocenters. The van der Waals surface area contributed by atoms with E-state index in [1.54, 1.807) is 6.20 Å². The Labute approximate surface area is 86.1 Å². The van der Waals surface area contributed by atoms with Crippen molar-refractivity contribution < 1.29 is 0 Å². The first-order valence-corrected chi connectivity index (χ1v) is 4.66. The molecule has 0 radical (unpaired) electrons. The van der Waals surface area contributed by atoms with Crippen molar-refractivity contribution >= 4 is 5.82 Å². The number of H-pyrrole nitrogens is 2. The Balaban J connectivity index is 1.74. The highest BCUT2D eigenvalue weighted by atomic mass is 15.5. The lowest BCUT2D eigenvalue weighted by molar-refractivity contribution is 0.744. The smallest absolute Gasteiger partial charge is 0.170 e. The van der Waals surface area contributed by atoms with Gasteiger partial charge in [0, 0.05) is 20.0 Å². The molecule has 0 saturated heterocycles. The Hall–Kier alpha value is -1.99. The van der Waals surface area contributed by atoms with Gasteiger partial charge in [-0.2, -0.15) is 0 Å². The molecule has 2 aromatic rings. The summed E-state index contributed by atoms with van der Waals surface area (Å²) in [5, 5.41) is 23.8. The minimum atomic E-state index is 0.809. The van der Waals surface area contributed by atoms with Gasteiger partial charge in [-0.25, -0.2) is 5.10 Å². The van der Waals surface area contributed by atoms with Gasteiger partial charge in [0.2, 0.25) is 0 Å². The summed E-state index contributed by atoms with van der Waals surface area (Å²) < 4.78 is 0. The molecule has 8 nitrogen and oxygen atoms in total. The van der Waals surface area contributed by atoms with E-state index in [1.807, 2.05) is 11.9 Å². The minimum absolute atomic E-state index is 0.809. The van der Waals surface area contributed by atoms with Gasteiger partial charge in [0.05, 0.1) is 6.20 Å². The lowest BCUT2D eigenvalue weighted by Crippen LogP contribution is -2.19. The quantitative estimate of drug-likeness (QED) is 0.679. The van der Waals surface area contributed by atoms with Gasteiger partial charge in [0.15, 0.2) is 5.82 Å². The molecule has 0 spiro atoms. The number of nitrogens with zero attached hydrogens (tertiary/aromatic N) is 6. The monoisotopic (exact) mass is 208 g/mol. The summed E-state index contributed by atoms with van der Waals surface area (Å²) in [5.41, 5.74) is 0. The molecule has 0 aliphatic rings. The van der Waals surface area contributed by atoms with Gasteiger partial charge in [-0.15, -0.1) is 10.2 Å². The van der Waals surface area contributed by atoms with Crippen LogP contribution in [0.2, 0.25) is 0 Å². The second-order valence-corrected chi connectivity index (χ2v) is 3.20. The molecule has 80 valence electrons. The van der Waals surface area contributed by atoms with Gasteiger partial charge in [-0.05, 0) is 16.8 Å². The number of hydrogen-bond donors (Lipinski definition) is 2. The molecule has 0 saturated carbocycles. The van der Waals surface area contributed by atoms with Crippen molar-refractivity contribution in [3.63, 3.8) is 0 Å². The summed E-state index contributed by atoms with van der Waals surface area (Å²) >= 11 is 0. The van der Waals surface area contributed by atoms with Crippen LogP contribution in [0.15, 0.2) is 6.20 Å². The van der Waals surface area contributed by atoms with Crippen LogP contribution in [-0.2, 0) is 6.42 Å². The highest BCUT2D eigenvalue weighted by Crippen LogP contribution is 2.05. The maximum absolute atomic E-state index is 3.90. The van der Waals surface area contributed by atoms with E-state index in [4.69, 9.17) is 0 Å². The maximum atomic E-state index is 3.90. The zero-order chi connectivity index (χ0) is 10.5. The number of tetrazole rings is 1. The van der Waals surface area contributed by atoms with Crippen molar-refractivity contribution in [1.82, 2.24) is 36.0 Å². The fraction of sp³-hybridized carbons (Fsp3) is 0.571. The molecule has 0 aliphatic heterocycles. The van der Waals surface area contributed by atoms with E-state index in [0.29, 0.717) is 0 Å². The molecule has 0 bridgehead atoms. The molecule has 8 heteroatoms. The van der Waals surface area contributed by atoms with Crippen molar-refractivity contribution in [1.29, 1.82) is 0 Å². The number of aromatic nitrogens is 7. The fourth-order valence-corrected chi connectivity index (χ4v) is 1.27.